The molecular weight excluding hydrogens is 510 g/mol. The van der Waals surface area contributed by atoms with Crippen LogP contribution in [-0.2, 0) is 19.5 Å². The number of benzene rings is 2. The highest BCUT2D eigenvalue weighted by atomic mass is 19.1. The van der Waals surface area contributed by atoms with Gasteiger partial charge < -0.3 is 10.2 Å². The van der Waals surface area contributed by atoms with Crippen molar-refractivity contribution in [2.24, 2.45) is 0 Å². The fourth-order valence-electron chi connectivity index (χ4n) is 5.94. The summed E-state index contributed by atoms with van der Waals surface area (Å²) in [6.45, 7) is 3.60. The number of hydrogen-bond donors (Lipinski definition) is 2. The highest BCUT2D eigenvalue weighted by molar-refractivity contribution is 5.76. The Hall–Kier alpha value is -4.11. The number of nitrogens with zero attached hydrogens (tertiary/aromatic N) is 4. The van der Waals surface area contributed by atoms with E-state index in [1.807, 2.05) is 54.3 Å². The van der Waals surface area contributed by atoms with E-state index >= 15 is 0 Å². The van der Waals surface area contributed by atoms with E-state index in [0.717, 1.165) is 46.6 Å². The average molecular weight is 543 g/mol. The molecule has 40 heavy (non-hydrogen) atoms. The van der Waals surface area contributed by atoms with E-state index in [4.69, 9.17) is 0 Å². The fourth-order valence-corrected chi connectivity index (χ4v) is 5.94. The van der Waals surface area contributed by atoms with Gasteiger partial charge in [-0.2, -0.15) is 5.10 Å². The number of nitrogens with one attached hydrogen (secondary N) is 2. The summed E-state index contributed by atoms with van der Waals surface area (Å²) in [4.78, 5) is 21.6. The zero-order valence-corrected chi connectivity index (χ0v) is 22.4. The molecule has 2 aromatic heterocycles. The molecule has 2 unspecified atom stereocenters. The number of hydrogen-bond acceptors (Lipinski definition) is 4. The Balaban J connectivity index is 1.17. The molecule has 1 fully saturated rings. The van der Waals surface area contributed by atoms with Crippen LogP contribution in [0.1, 0.15) is 47.0 Å². The third-order valence-corrected chi connectivity index (χ3v) is 8.01. The number of likely N-dealkylation sites (tertiary alicyclic amines) is 1. The summed E-state index contributed by atoms with van der Waals surface area (Å²) in [6.07, 6.45) is 4.00. The molecule has 1 saturated heterocycles. The molecule has 0 saturated carbocycles. The van der Waals surface area contributed by atoms with Crippen molar-refractivity contribution in [3.05, 3.63) is 107 Å². The Bertz CT molecular complexity index is 1490. The first-order valence-electron chi connectivity index (χ1n) is 13.7. The largest absolute Gasteiger partial charge is 0.334 e. The van der Waals surface area contributed by atoms with Crippen LogP contribution in [0.3, 0.4) is 0 Å². The molecule has 7 nitrogen and oxygen atoms in total. The van der Waals surface area contributed by atoms with E-state index in [1.165, 1.54) is 18.2 Å². The number of carbonyl (C=O) groups is 1. The number of amides is 2. The lowest BCUT2D eigenvalue weighted by atomic mass is 9.92. The number of aromatic amines is 1. The van der Waals surface area contributed by atoms with E-state index < -0.39 is 11.6 Å². The van der Waals surface area contributed by atoms with Gasteiger partial charge in [-0.15, -0.1) is 0 Å². The molecule has 2 N–H and O–H groups in total. The molecule has 0 aliphatic carbocycles. The van der Waals surface area contributed by atoms with E-state index in [0.29, 0.717) is 26.1 Å². The van der Waals surface area contributed by atoms with Crippen molar-refractivity contribution in [1.29, 1.82) is 0 Å². The van der Waals surface area contributed by atoms with Crippen LogP contribution in [0, 0.1) is 18.6 Å². The lowest BCUT2D eigenvalue weighted by Gasteiger charge is -2.41. The van der Waals surface area contributed by atoms with Crippen molar-refractivity contribution in [2.75, 3.05) is 13.1 Å². The molecule has 0 bridgehead atoms. The van der Waals surface area contributed by atoms with Crippen LogP contribution >= 0.6 is 0 Å². The summed E-state index contributed by atoms with van der Waals surface area (Å²) in [5, 5.41) is 10.9. The average Bonchev–Trinajstić information content (AvgIpc) is 3.39. The molecular formula is C31H32F2N6O. The van der Waals surface area contributed by atoms with Crippen LogP contribution in [0.5, 0.6) is 0 Å². The first-order chi connectivity index (χ1) is 19.5. The van der Waals surface area contributed by atoms with Gasteiger partial charge in [0, 0.05) is 72.4 Å². The third-order valence-electron chi connectivity index (χ3n) is 8.01. The predicted molar refractivity (Wildman–Crippen MR) is 148 cm³/mol. The second kappa shape index (κ2) is 11.2. The van der Waals surface area contributed by atoms with Gasteiger partial charge in [0.15, 0.2) is 0 Å². The van der Waals surface area contributed by atoms with Crippen molar-refractivity contribution in [3.63, 3.8) is 0 Å². The third kappa shape index (κ3) is 5.34. The van der Waals surface area contributed by atoms with Crippen molar-refractivity contribution < 1.29 is 13.6 Å². The first-order valence-corrected chi connectivity index (χ1v) is 13.7. The summed E-state index contributed by atoms with van der Waals surface area (Å²) in [6, 6.07) is 17.6. The van der Waals surface area contributed by atoms with Crippen molar-refractivity contribution in [1.82, 2.24) is 30.3 Å². The van der Waals surface area contributed by atoms with Gasteiger partial charge in [-0.05, 0) is 49.6 Å². The minimum absolute atomic E-state index is 0.00297. The number of H-pyrrole nitrogens is 1. The number of aryl methyl sites for hydroxylation is 1. The molecule has 2 atom stereocenters. The number of halogens is 2. The van der Waals surface area contributed by atoms with Gasteiger partial charge in [0.2, 0.25) is 0 Å². The highest BCUT2D eigenvalue weighted by Gasteiger charge is 2.33. The molecule has 2 aliphatic rings. The highest BCUT2D eigenvalue weighted by Crippen LogP contribution is 2.34. The van der Waals surface area contributed by atoms with Gasteiger partial charge in [0.05, 0.1) is 12.2 Å². The van der Waals surface area contributed by atoms with E-state index in [-0.39, 0.29) is 30.2 Å². The van der Waals surface area contributed by atoms with Crippen LogP contribution in [0.25, 0.3) is 11.3 Å². The van der Waals surface area contributed by atoms with Crippen molar-refractivity contribution in [2.45, 2.75) is 51.4 Å². The molecule has 2 amide bonds. The van der Waals surface area contributed by atoms with Crippen LogP contribution < -0.4 is 5.32 Å². The molecule has 206 valence electrons. The molecule has 2 aliphatic heterocycles. The number of carbonyl (C=O) groups excluding carboxylic acids is 1. The maximum Gasteiger partial charge on any atom is 0.317 e. The summed E-state index contributed by atoms with van der Waals surface area (Å²) < 4.78 is 29.2. The van der Waals surface area contributed by atoms with Gasteiger partial charge in [0.1, 0.15) is 11.6 Å². The summed E-state index contributed by atoms with van der Waals surface area (Å²) in [7, 11) is 0. The molecule has 2 aromatic carbocycles. The molecule has 4 heterocycles. The number of rotatable bonds is 5. The number of piperidine rings is 1. The van der Waals surface area contributed by atoms with Crippen LogP contribution in [-0.4, -0.2) is 50.1 Å². The zero-order valence-electron chi connectivity index (χ0n) is 22.4. The standard InChI is InChI=1S/C31H32F2N6O/c1-20-16-22(12-14-34-20)30-25-19-38(15-13-28(25)36-37-30)31(40)35-23-10-11-29(21-6-3-2-4-7-21)39(17-23)18-24-26(32)8-5-9-27(24)33/h2-9,12,14,16,23,29H,10-11,13,15,17-19H2,1H3,(H,35,40)(H,36,37). The zero-order chi connectivity index (χ0) is 27.6. The topological polar surface area (TPSA) is 77.2 Å². The number of urea groups is 1. The summed E-state index contributed by atoms with van der Waals surface area (Å²) in [5.41, 5.74) is 5.96. The molecule has 6 rings (SSSR count). The molecule has 9 heteroatoms. The second-order valence-electron chi connectivity index (χ2n) is 10.7. The van der Waals surface area contributed by atoms with Gasteiger partial charge in [0.25, 0.3) is 0 Å². The number of fused-ring (bicyclic) bond motifs is 1. The van der Waals surface area contributed by atoms with Gasteiger partial charge in [-0.25, -0.2) is 13.6 Å². The van der Waals surface area contributed by atoms with Crippen molar-refractivity contribution >= 4 is 6.03 Å². The Labute approximate surface area is 232 Å². The van der Waals surface area contributed by atoms with E-state index in [1.54, 1.807) is 6.20 Å². The lowest BCUT2D eigenvalue weighted by Crippen LogP contribution is -2.52. The summed E-state index contributed by atoms with van der Waals surface area (Å²) in [5.74, 6) is -1.11. The maximum absolute atomic E-state index is 14.6. The Morgan fingerprint density at radius 3 is 2.65 bits per heavy atom. The van der Waals surface area contributed by atoms with Crippen LogP contribution in [0.15, 0.2) is 66.9 Å². The second-order valence-corrected chi connectivity index (χ2v) is 10.7. The van der Waals surface area contributed by atoms with Gasteiger partial charge >= 0.3 is 6.03 Å². The van der Waals surface area contributed by atoms with E-state index in [2.05, 4.69) is 25.4 Å². The minimum Gasteiger partial charge on any atom is -0.334 e. The Morgan fingerprint density at radius 2 is 1.88 bits per heavy atom. The van der Waals surface area contributed by atoms with Crippen LogP contribution in [0.4, 0.5) is 13.6 Å². The predicted octanol–water partition coefficient (Wildman–Crippen LogP) is 5.53. The number of pyridine rings is 1. The minimum atomic E-state index is -0.553. The smallest absolute Gasteiger partial charge is 0.317 e. The monoisotopic (exact) mass is 542 g/mol. The first kappa shape index (κ1) is 26.1. The quantitative estimate of drug-likeness (QED) is 0.348. The normalized spacial score (nSPS) is 19.3. The lowest BCUT2D eigenvalue weighted by molar-refractivity contribution is 0.108. The molecule has 4 aromatic rings. The summed E-state index contributed by atoms with van der Waals surface area (Å²) >= 11 is 0. The van der Waals surface area contributed by atoms with Crippen molar-refractivity contribution in [3.8, 4) is 11.3 Å². The maximum atomic E-state index is 14.6. The molecule has 0 spiro atoms. The molecule has 0 radical (unpaired) electrons. The Morgan fingerprint density at radius 1 is 1.07 bits per heavy atom. The SMILES string of the molecule is Cc1cc(-c2n[nH]c3c2CN(C(=O)NC2CCC(c4ccccc4)N(Cc4c(F)cccc4F)C2)CC3)ccn1. The number of aromatic nitrogens is 3. The van der Waals surface area contributed by atoms with Crippen LogP contribution in [0.2, 0.25) is 0 Å². The van der Waals surface area contributed by atoms with Gasteiger partial charge in [-0.3, -0.25) is 15.0 Å². The Kier molecular flexibility index (Phi) is 7.30. The fraction of sp³-hybridized carbons (Fsp3) is 0.323. The van der Waals surface area contributed by atoms with Gasteiger partial charge in [-0.1, -0.05) is 36.4 Å². The van der Waals surface area contributed by atoms with E-state index in [9.17, 15) is 13.6 Å².